The average Bonchev–Trinajstić information content (AvgIpc) is 2.33. The number of aliphatic hydroxyl groups is 3. The van der Waals surface area contributed by atoms with E-state index in [1.807, 2.05) is 0 Å². The average molecular weight is 310 g/mol. The molecule has 0 aliphatic heterocycles. The van der Waals surface area contributed by atoms with Gasteiger partial charge in [-0.1, -0.05) is 0 Å². The van der Waals surface area contributed by atoms with Crippen LogP contribution >= 0.6 is 0 Å². The van der Waals surface area contributed by atoms with Crippen molar-refractivity contribution in [2.75, 3.05) is 7.11 Å². The number of carbonyl (C=O) groups excluding carboxylic acids is 1. The molecule has 1 aromatic rings. The Morgan fingerprint density at radius 1 is 0.864 bits per heavy atom. The summed E-state index contributed by atoms with van der Waals surface area (Å²) in [6.45, 7) is 9.35. The number of rotatable bonds is 4. The summed E-state index contributed by atoms with van der Waals surface area (Å²) in [5.41, 5.74) is -2.65. The first kappa shape index (κ1) is 18.6. The molecular weight excluding hydrogens is 284 g/mol. The van der Waals surface area contributed by atoms with Crippen LogP contribution in [0.25, 0.3) is 0 Å². The molecule has 1 rings (SSSR count). The number of ether oxygens (including phenoxy) is 1. The summed E-state index contributed by atoms with van der Waals surface area (Å²) >= 11 is 0. The Balaban J connectivity index is 3.90. The Bertz CT molecular complexity index is 533. The van der Waals surface area contributed by atoms with E-state index in [2.05, 4.69) is 0 Å². The molecule has 0 unspecified atom stereocenters. The Morgan fingerprint density at radius 2 is 1.23 bits per heavy atom. The summed E-state index contributed by atoms with van der Waals surface area (Å²) in [6.07, 6.45) is 0. The predicted molar refractivity (Wildman–Crippen MR) is 83.5 cm³/mol. The van der Waals surface area contributed by atoms with E-state index < -0.39 is 22.8 Å². The van der Waals surface area contributed by atoms with Crippen molar-refractivity contribution in [1.82, 2.24) is 0 Å². The number of esters is 1. The molecule has 0 saturated heterocycles. The lowest BCUT2D eigenvalue weighted by Gasteiger charge is -2.30. The second kappa shape index (κ2) is 5.65. The second-order valence-corrected chi connectivity index (χ2v) is 7.11. The summed E-state index contributed by atoms with van der Waals surface area (Å²) in [5.74, 6) is -0.642. The molecule has 0 heterocycles. The van der Waals surface area contributed by atoms with Crippen LogP contribution in [-0.2, 0) is 21.5 Å². The van der Waals surface area contributed by atoms with Gasteiger partial charge in [-0.15, -0.1) is 0 Å². The van der Waals surface area contributed by atoms with E-state index in [0.717, 1.165) is 0 Å². The predicted octanol–water partition coefficient (Wildman–Crippen LogP) is 2.16. The Hall–Kier alpha value is -1.43. The molecule has 22 heavy (non-hydrogen) atoms. The molecule has 0 aliphatic rings. The number of hydrogen-bond donors (Lipinski definition) is 3. The lowest BCUT2D eigenvalue weighted by molar-refractivity contribution is 0.0485. The van der Waals surface area contributed by atoms with Crippen LogP contribution in [0.15, 0.2) is 12.1 Å². The first-order chi connectivity index (χ1) is 9.69. The van der Waals surface area contributed by atoms with Crippen molar-refractivity contribution in [3.05, 3.63) is 34.4 Å². The van der Waals surface area contributed by atoms with E-state index in [1.54, 1.807) is 26.0 Å². The van der Waals surface area contributed by atoms with Crippen LogP contribution in [0.2, 0.25) is 0 Å². The number of carbonyl (C=O) groups is 1. The van der Waals surface area contributed by atoms with Crippen molar-refractivity contribution in [3.63, 3.8) is 0 Å². The van der Waals surface area contributed by atoms with Gasteiger partial charge in [0.1, 0.15) is 0 Å². The van der Waals surface area contributed by atoms with Gasteiger partial charge in [-0.3, -0.25) is 0 Å². The maximum Gasteiger partial charge on any atom is 0.338 e. The monoisotopic (exact) mass is 310 g/mol. The molecule has 124 valence electrons. The van der Waals surface area contributed by atoms with Gasteiger partial charge in [0.05, 0.1) is 29.5 Å². The summed E-state index contributed by atoms with van der Waals surface area (Å²) in [6, 6.07) is 3.14. The van der Waals surface area contributed by atoms with E-state index >= 15 is 0 Å². The molecule has 0 aromatic heterocycles. The zero-order chi connectivity index (χ0) is 17.5. The summed E-state index contributed by atoms with van der Waals surface area (Å²) in [7, 11) is 1.24. The minimum Gasteiger partial charge on any atom is -0.465 e. The molecule has 5 heteroatoms. The zero-order valence-electron chi connectivity index (χ0n) is 14.3. The zero-order valence-corrected chi connectivity index (χ0v) is 14.3. The van der Waals surface area contributed by atoms with E-state index in [4.69, 9.17) is 4.74 Å². The molecular formula is C17H26O5. The highest BCUT2D eigenvalue weighted by molar-refractivity contribution is 5.93. The van der Waals surface area contributed by atoms with Gasteiger partial charge in [0.15, 0.2) is 0 Å². The number of methoxy groups -OCH3 is 1. The van der Waals surface area contributed by atoms with Crippen molar-refractivity contribution in [1.29, 1.82) is 0 Å². The van der Waals surface area contributed by atoms with Crippen LogP contribution in [0, 0.1) is 0 Å². The van der Waals surface area contributed by atoms with E-state index in [-0.39, 0.29) is 5.56 Å². The van der Waals surface area contributed by atoms with Gasteiger partial charge in [-0.2, -0.15) is 0 Å². The van der Waals surface area contributed by atoms with E-state index in [0.29, 0.717) is 16.7 Å². The molecule has 0 atom stereocenters. The second-order valence-electron chi connectivity index (χ2n) is 7.11. The Labute approximate surface area is 131 Å². The fraction of sp³-hybridized carbons (Fsp3) is 0.588. The summed E-state index contributed by atoms with van der Waals surface area (Å²) in [4.78, 5) is 12.2. The third-order valence-electron chi connectivity index (χ3n) is 3.55. The lowest BCUT2D eigenvalue weighted by Crippen LogP contribution is -2.29. The van der Waals surface area contributed by atoms with Crippen molar-refractivity contribution in [2.24, 2.45) is 0 Å². The van der Waals surface area contributed by atoms with Crippen LogP contribution in [0.1, 0.15) is 68.6 Å². The van der Waals surface area contributed by atoms with Crippen molar-refractivity contribution >= 4 is 5.97 Å². The van der Waals surface area contributed by atoms with Gasteiger partial charge < -0.3 is 20.1 Å². The molecule has 0 aliphatic carbocycles. The Morgan fingerprint density at radius 3 is 1.45 bits per heavy atom. The van der Waals surface area contributed by atoms with E-state index in [9.17, 15) is 20.1 Å². The van der Waals surface area contributed by atoms with Crippen molar-refractivity contribution < 1.29 is 24.9 Å². The normalized spacial score (nSPS) is 13.2. The molecule has 0 bridgehead atoms. The molecule has 0 amide bonds. The third kappa shape index (κ3) is 3.85. The molecule has 0 saturated carbocycles. The Kier molecular flexibility index (Phi) is 4.78. The van der Waals surface area contributed by atoms with Crippen LogP contribution in [0.4, 0.5) is 0 Å². The van der Waals surface area contributed by atoms with Gasteiger partial charge in [0.25, 0.3) is 0 Å². The maximum absolute atomic E-state index is 12.2. The molecule has 1 aromatic carbocycles. The van der Waals surface area contributed by atoms with Crippen molar-refractivity contribution in [3.8, 4) is 0 Å². The lowest BCUT2D eigenvalue weighted by atomic mass is 9.80. The summed E-state index contributed by atoms with van der Waals surface area (Å²) in [5, 5.41) is 31.1. The molecule has 0 fully saturated rings. The highest BCUT2D eigenvalue weighted by atomic mass is 16.5. The van der Waals surface area contributed by atoms with Gasteiger partial charge >= 0.3 is 5.97 Å². The fourth-order valence-corrected chi connectivity index (χ4v) is 2.28. The largest absolute Gasteiger partial charge is 0.465 e. The van der Waals surface area contributed by atoms with Gasteiger partial charge in [0, 0.05) is 0 Å². The summed E-state index contributed by atoms with van der Waals surface area (Å²) < 4.78 is 4.81. The van der Waals surface area contributed by atoms with Gasteiger partial charge in [-0.05, 0) is 70.4 Å². The molecule has 0 spiro atoms. The number of benzene rings is 1. The molecule has 5 nitrogen and oxygen atoms in total. The highest BCUT2D eigenvalue weighted by Gasteiger charge is 2.34. The standard InChI is InChI=1S/C17H26O5/c1-15(2,19)10-8-11(16(3,4)20)13(14(18)22-7)12(9-10)17(5,6)21/h8-9,19-21H,1-7H3. The topological polar surface area (TPSA) is 87.0 Å². The minimum absolute atomic E-state index is 0.121. The smallest absolute Gasteiger partial charge is 0.338 e. The highest BCUT2D eigenvalue weighted by Crippen LogP contribution is 2.36. The van der Waals surface area contributed by atoms with Gasteiger partial charge in [-0.25, -0.2) is 4.79 Å². The SMILES string of the molecule is COC(=O)c1c(C(C)(C)O)cc(C(C)(C)O)cc1C(C)(C)O. The van der Waals surface area contributed by atoms with Gasteiger partial charge in [0.2, 0.25) is 0 Å². The van der Waals surface area contributed by atoms with Crippen molar-refractivity contribution in [2.45, 2.75) is 58.3 Å². The first-order valence-corrected chi connectivity index (χ1v) is 7.14. The maximum atomic E-state index is 12.2. The first-order valence-electron chi connectivity index (χ1n) is 7.14. The molecule has 3 N–H and O–H groups in total. The van der Waals surface area contributed by atoms with Crippen LogP contribution in [-0.4, -0.2) is 28.4 Å². The fourth-order valence-electron chi connectivity index (χ4n) is 2.28. The molecule has 0 radical (unpaired) electrons. The van der Waals surface area contributed by atoms with E-state index in [1.165, 1.54) is 34.8 Å². The third-order valence-corrected chi connectivity index (χ3v) is 3.55. The number of hydrogen-bond acceptors (Lipinski definition) is 5. The minimum atomic E-state index is -1.34. The van der Waals surface area contributed by atoms with Crippen LogP contribution in [0.5, 0.6) is 0 Å². The van der Waals surface area contributed by atoms with Crippen LogP contribution in [0.3, 0.4) is 0 Å². The quantitative estimate of drug-likeness (QED) is 0.742. The van der Waals surface area contributed by atoms with Crippen LogP contribution < -0.4 is 0 Å².